The van der Waals surface area contributed by atoms with E-state index in [1.807, 2.05) is 18.7 Å². The molecule has 3 aromatic rings. The number of carbonyl (C=O) groups excluding carboxylic acids is 1. The first-order valence-corrected chi connectivity index (χ1v) is 9.45. The van der Waals surface area contributed by atoms with E-state index in [1.54, 1.807) is 24.3 Å². The molecule has 0 bridgehead atoms. The number of amides is 1. The van der Waals surface area contributed by atoms with Gasteiger partial charge in [0.1, 0.15) is 17.3 Å². The summed E-state index contributed by atoms with van der Waals surface area (Å²) < 4.78 is 24.7. The van der Waals surface area contributed by atoms with Gasteiger partial charge >= 0.3 is 0 Å². The maximum absolute atomic E-state index is 13.9. The van der Waals surface area contributed by atoms with Crippen LogP contribution in [0.1, 0.15) is 40.6 Å². The third-order valence-electron chi connectivity index (χ3n) is 5.12. The molecule has 3 heterocycles. The Balaban J connectivity index is 1.44. The minimum atomic E-state index is -0.380. The van der Waals surface area contributed by atoms with Crippen LogP contribution in [0.3, 0.4) is 0 Å². The number of hydrogen-bond donors (Lipinski definition) is 0. The quantitative estimate of drug-likeness (QED) is 0.676. The van der Waals surface area contributed by atoms with Gasteiger partial charge in [-0.15, -0.1) is 0 Å². The van der Waals surface area contributed by atoms with Crippen LogP contribution in [-0.2, 0) is 6.42 Å². The average Bonchev–Trinajstić information content (AvgIpc) is 3.27. The van der Waals surface area contributed by atoms with Crippen molar-refractivity contribution in [2.45, 2.75) is 33.1 Å². The van der Waals surface area contributed by atoms with Crippen LogP contribution in [0.2, 0.25) is 0 Å². The summed E-state index contributed by atoms with van der Waals surface area (Å²) in [7, 11) is 0. The van der Waals surface area contributed by atoms with Gasteiger partial charge in [0, 0.05) is 19.5 Å². The van der Waals surface area contributed by atoms with Crippen LogP contribution in [-0.4, -0.2) is 34.0 Å². The van der Waals surface area contributed by atoms with Gasteiger partial charge in [-0.25, -0.2) is 4.39 Å². The molecule has 0 saturated carbocycles. The van der Waals surface area contributed by atoms with Gasteiger partial charge in [0.15, 0.2) is 0 Å². The van der Waals surface area contributed by atoms with Crippen molar-refractivity contribution in [2.75, 3.05) is 13.1 Å². The second-order valence-corrected chi connectivity index (χ2v) is 7.28. The smallest absolute Gasteiger partial charge is 0.257 e. The van der Waals surface area contributed by atoms with Crippen molar-refractivity contribution >= 4 is 5.91 Å². The van der Waals surface area contributed by atoms with Crippen LogP contribution in [0.4, 0.5) is 4.39 Å². The Labute approximate surface area is 162 Å². The number of halogens is 1. The summed E-state index contributed by atoms with van der Waals surface area (Å²) in [5.74, 6) is 1.94. The van der Waals surface area contributed by atoms with Gasteiger partial charge < -0.3 is 13.8 Å². The average molecular weight is 383 g/mol. The molecule has 0 N–H and O–H groups in total. The molecular formula is C21H22FN3O3. The first-order valence-electron chi connectivity index (χ1n) is 9.45. The minimum absolute atomic E-state index is 0.00313. The second kappa shape index (κ2) is 7.58. The molecule has 1 aliphatic rings. The number of carbonyl (C=O) groups is 1. The van der Waals surface area contributed by atoms with Crippen LogP contribution < -0.4 is 0 Å². The second-order valence-electron chi connectivity index (χ2n) is 7.28. The molecule has 1 aliphatic heterocycles. The summed E-state index contributed by atoms with van der Waals surface area (Å²) in [5.41, 5.74) is 0.946. The lowest BCUT2D eigenvalue weighted by molar-refractivity contribution is 0.0666. The van der Waals surface area contributed by atoms with E-state index < -0.39 is 0 Å². The third kappa shape index (κ3) is 3.69. The normalized spacial score (nSPS) is 17.1. The zero-order valence-electron chi connectivity index (χ0n) is 15.9. The number of piperidine rings is 1. The van der Waals surface area contributed by atoms with Gasteiger partial charge in [-0.3, -0.25) is 4.79 Å². The third-order valence-corrected chi connectivity index (χ3v) is 5.12. The molecule has 146 valence electrons. The van der Waals surface area contributed by atoms with Crippen LogP contribution in [0, 0.1) is 25.6 Å². The van der Waals surface area contributed by atoms with Crippen molar-refractivity contribution < 1.29 is 18.1 Å². The fraction of sp³-hybridized carbons (Fsp3) is 0.381. The molecule has 0 spiro atoms. The Morgan fingerprint density at radius 3 is 2.89 bits per heavy atom. The van der Waals surface area contributed by atoms with Gasteiger partial charge in [-0.1, -0.05) is 17.3 Å². The van der Waals surface area contributed by atoms with Crippen LogP contribution in [0.5, 0.6) is 0 Å². The lowest BCUT2D eigenvalue weighted by Gasteiger charge is -2.32. The Kier molecular flexibility index (Phi) is 4.98. The maximum Gasteiger partial charge on any atom is 0.257 e. The predicted molar refractivity (Wildman–Crippen MR) is 100 cm³/mol. The molecule has 1 aromatic carbocycles. The van der Waals surface area contributed by atoms with Crippen molar-refractivity contribution in [3.8, 4) is 11.4 Å². The number of nitrogens with zero attached hydrogens (tertiary/aromatic N) is 3. The molecule has 1 atom stereocenters. The number of hydrogen-bond acceptors (Lipinski definition) is 5. The van der Waals surface area contributed by atoms with Gasteiger partial charge in [-0.05, 0) is 50.8 Å². The van der Waals surface area contributed by atoms with Gasteiger partial charge in [0.25, 0.3) is 5.91 Å². The molecular weight excluding hydrogens is 361 g/mol. The molecule has 6 nitrogen and oxygen atoms in total. The molecule has 28 heavy (non-hydrogen) atoms. The van der Waals surface area contributed by atoms with E-state index in [1.165, 1.54) is 6.07 Å². The molecule has 1 fully saturated rings. The molecule has 1 amide bonds. The minimum Gasteiger partial charge on any atom is -0.466 e. The fourth-order valence-corrected chi connectivity index (χ4v) is 3.77. The molecule has 0 aliphatic carbocycles. The summed E-state index contributed by atoms with van der Waals surface area (Å²) in [4.78, 5) is 19.0. The number of furan rings is 1. The van der Waals surface area contributed by atoms with Crippen LogP contribution in [0.15, 0.2) is 39.3 Å². The van der Waals surface area contributed by atoms with Crippen molar-refractivity contribution in [2.24, 2.45) is 5.92 Å². The molecule has 7 heteroatoms. The highest BCUT2D eigenvalue weighted by Gasteiger charge is 2.28. The summed E-state index contributed by atoms with van der Waals surface area (Å²) in [6, 6.07) is 8.14. The predicted octanol–water partition coefficient (Wildman–Crippen LogP) is 4.18. The summed E-state index contributed by atoms with van der Waals surface area (Å²) in [6.45, 7) is 5.00. The molecule has 2 aromatic heterocycles. The standard InChI is InChI=1S/C21H22FN3O3/c1-13-10-17(14(2)27-13)21(26)25-9-5-6-15(12-25)11-19-23-20(24-28-19)16-7-3-4-8-18(16)22/h3-4,7-8,10,15H,5-6,9,11-12H2,1-2H3. The SMILES string of the molecule is Cc1cc(C(=O)N2CCCC(Cc3nc(-c4ccccc4F)no3)C2)c(C)o1. The Bertz CT molecular complexity index is 994. The highest BCUT2D eigenvalue weighted by Crippen LogP contribution is 2.25. The van der Waals surface area contributed by atoms with E-state index in [2.05, 4.69) is 10.1 Å². The van der Waals surface area contributed by atoms with E-state index in [-0.39, 0.29) is 23.5 Å². The van der Waals surface area contributed by atoms with Crippen molar-refractivity contribution in [3.63, 3.8) is 0 Å². The topological polar surface area (TPSA) is 72.4 Å². The summed E-state index contributed by atoms with van der Waals surface area (Å²) >= 11 is 0. The number of likely N-dealkylation sites (tertiary alicyclic amines) is 1. The van der Waals surface area contributed by atoms with Crippen molar-refractivity contribution in [1.82, 2.24) is 15.0 Å². The van der Waals surface area contributed by atoms with E-state index in [0.29, 0.717) is 35.7 Å². The first kappa shape index (κ1) is 18.4. The molecule has 1 saturated heterocycles. The number of rotatable bonds is 4. The Morgan fingerprint density at radius 2 is 2.14 bits per heavy atom. The van der Waals surface area contributed by atoms with Crippen molar-refractivity contribution in [3.05, 3.63) is 59.1 Å². The van der Waals surface area contributed by atoms with Gasteiger partial charge in [0.2, 0.25) is 11.7 Å². The van der Waals surface area contributed by atoms with E-state index >= 15 is 0 Å². The highest BCUT2D eigenvalue weighted by molar-refractivity contribution is 5.95. The molecule has 0 radical (unpaired) electrons. The van der Waals surface area contributed by atoms with E-state index in [0.717, 1.165) is 25.1 Å². The molecule has 1 unspecified atom stereocenters. The zero-order valence-corrected chi connectivity index (χ0v) is 15.9. The fourth-order valence-electron chi connectivity index (χ4n) is 3.77. The molecule has 4 rings (SSSR count). The number of aromatic nitrogens is 2. The van der Waals surface area contributed by atoms with Crippen LogP contribution >= 0.6 is 0 Å². The number of benzene rings is 1. The van der Waals surface area contributed by atoms with E-state index in [9.17, 15) is 9.18 Å². The largest absolute Gasteiger partial charge is 0.466 e. The van der Waals surface area contributed by atoms with Gasteiger partial charge in [0.05, 0.1) is 11.1 Å². The van der Waals surface area contributed by atoms with E-state index in [4.69, 9.17) is 8.94 Å². The number of aryl methyl sites for hydroxylation is 2. The summed E-state index contributed by atoms with van der Waals surface area (Å²) in [5, 5.41) is 3.91. The maximum atomic E-state index is 13.9. The summed E-state index contributed by atoms with van der Waals surface area (Å²) in [6.07, 6.45) is 2.46. The first-order chi connectivity index (χ1) is 13.5. The lowest BCUT2D eigenvalue weighted by Crippen LogP contribution is -2.40. The lowest BCUT2D eigenvalue weighted by atomic mass is 9.94. The van der Waals surface area contributed by atoms with Gasteiger partial charge in [-0.2, -0.15) is 4.98 Å². The monoisotopic (exact) mass is 383 g/mol. The highest BCUT2D eigenvalue weighted by atomic mass is 19.1. The van der Waals surface area contributed by atoms with Crippen LogP contribution in [0.25, 0.3) is 11.4 Å². The van der Waals surface area contributed by atoms with Crippen molar-refractivity contribution in [1.29, 1.82) is 0 Å². The Hall–Kier alpha value is -2.96. The Morgan fingerprint density at radius 1 is 1.32 bits per heavy atom. The zero-order chi connectivity index (χ0) is 19.7.